The topological polar surface area (TPSA) is 47.1 Å². The second-order valence-electron chi connectivity index (χ2n) is 8.91. The van der Waals surface area contributed by atoms with Crippen molar-refractivity contribution in [1.29, 1.82) is 0 Å². The Hall–Kier alpha value is -2.92. The third-order valence-electron chi connectivity index (χ3n) is 6.59. The fraction of sp³-hybridized carbons (Fsp3) is 0.367. The van der Waals surface area contributed by atoms with Crippen LogP contribution in [0.2, 0.25) is 0 Å². The van der Waals surface area contributed by atoms with Crippen molar-refractivity contribution in [3.8, 4) is 22.8 Å². The molecule has 2 heterocycles. The number of aryl methyl sites for hydroxylation is 2. The molecule has 0 amide bonds. The molecule has 4 aromatic rings. The molecule has 0 spiro atoms. The van der Waals surface area contributed by atoms with Crippen LogP contribution in [0.1, 0.15) is 49.7 Å². The van der Waals surface area contributed by atoms with E-state index in [1.54, 1.807) is 14.2 Å². The van der Waals surface area contributed by atoms with E-state index >= 15 is 0 Å². The number of ether oxygens (including phenoxy) is 2. The Kier molecular flexibility index (Phi) is 9.13. The first-order valence-electron chi connectivity index (χ1n) is 12.6. The van der Waals surface area contributed by atoms with Crippen molar-refractivity contribution in [1.82, 2.24) is 9.97 Å². The molecule has 2 aromatic heterocycles. The maximum Gasteiger partial charge on any atom is 0.122 e. The van der Waals surface area contributed by atoms with E-state index in [2.05, 4.69) is 53.3 Å². The van der Waals surface area contributed by atoms with Crippen molar-refractivity contribution >= 4 is 22.7 Å². The van der Waals surface area contributed by atoms with Crippen molar-refractivity contribution in [2.75, 3.05) is 20.0 Å². The van der Waals surface area contributed by atoms with Crippen LogP contribution in [0.5, 0.6) is 11.5 Å². The largest absolute Gasteiger partial charge is 0.497 e. The first-order valence-corrected chi connectivity index (χ1v) is 13.6. The van der Waals surface area contributed by atoms with Crippen LogP contribution in [-0.4, -0.2) is 29.9 Å². The highest BCUT2D eigenvalue weighted by molar-refractivity contribution is 7.99. The molecule has 0 saturated heterocycles. The van der Waals surface area contributed by atoms with Gasteiger partial charge in [0, 0.05) is 28.4 Å². The molecule has 2 aromatic carbocycles. The number of rotatable bonds is 13. The lowest BCUT2D eigenvalue weighted by Gasteiger charge is -2.11. The van der Waals surface area contributed by atoms with Crippen molar-refractivity contribution in [3.63, 3.8) is 0 Å². The minimum absolute atomic E-state index is 0.872. The molecule has 0 aliphatic heterocycles. The molecular formula is C30H36N2O2S. The minimum atomic E-state index is 0.872. The lowest BCUT2D eigenvalue weighted by atomic mass is 9.97. The number of pyridine rings is 1. The third kappa shape index (κ3) is 6.40. The normalized spacial score (nSPS) is 11.2. The zero-order valence-corrected chi connectivity index (χ0v) is 21.9. The molecule has 5 heteroatoms. The number of thioether (sulfide) groups is 1. The van der Waals surface area contributed by atoms with Gasteiger partial charge in [0.05, 0.1) is 19.2 Å². The summed E-state index contributed by atoms with van der Waals surface area (Å²) in [4.78, 5) is 8.03. The molecule has 0 radical (unpaired) electrons. The Morgan fingerprint density at radius 2 is 1.60 bits per heavy atom. The average Bonchev–Trinajstić information content (AvgIpc) is 3.24. The summed E-state index contributed by atoms with van der Waals surface area (Å²) in [6.07, 6.45) is 10.5. The first kappa shape index (κ1) is 25.2. The van der Waals surface area contributed by atoms with E-state index in [-0.39, 0.29) is 0 Å². The number of aromatic amines is 1. The highest BCUT2D eigenvalue weighted by atomic mass is 32.2. The number of methoxy groups -OCH3 is 2. The van der Waals surface area contributed by atoms with Gasteiger partial charge in [-0.3, -0.25) is 0 Å². The minimum Gasteiger partial charge on any atom is -0.497 e. The van der Waals surface area contributed by atoms with Gasteiger partial charge in [0.15, 0.2) is 0 Å². The Morgan fingerprint density at radius 3 is 2.31 bits per heavy atom. The van der Waals surface area contributed by atoms with E-state index in [0.29, 0.717) is 0 Å². The summed E-state index contributed by atoms with van der Waals surface area (Å²) in [5.41, 5.74) is 6.12. The summed E-state index contributed by atoms with van der Waals surface area (Å²) >= 11 is 1.86. The van der Waals surface area contributed by atoms with Crippen LogP contribution >= 0.6 is 11.8 Å². The predicted octanol–water partition coefficient (Wildman–Crippen LogP) is 8.23. The molecule has 0 bridgehead atoms. The average molecular weight is 489 g/mol. The Bertz CT molecular complexity index is 1200. The number of fused-ring (bicyclic) bond motifs is 1. The lowest BCUT2D eigenvalue weighted by molar-refractivity contribution is 0.409. The molecule has 4 nitrogen and oxygen atoms in total. The fourth-order valence-electron chi connectivity index (χ4n) is 4.72. The van der Waals surface area contributed by atoms with Gasteiger partial charge >= 0.3 is 0 Å². The molecule has 0 aliphatic carbocycles. The second-order valence-corrected chi connectivity index (χ2v) is 10.0. The molecule has 184 valence electrons. The van der Waals surface area contributed by atoms with Gasteiger partial charge in [-0.1, -0.05) is 31.7 Å². The molecule has 0 atom stereocenters. The van der Waals surface area contributed by atoms with Gasteiger partial charge in [0.1, 0.15) is 11.5 Å². The Morgan fingerprint density at radius 1 is 0.829 bits per heavy atom. The smallest absolute Gasteiger partial charge is 0.122 e. The molecule has 0 fully saturated rings. The van der Waals surface area contributed by atoms with Crippen molar-refractivity contribution in [2.24, 2.45) is 0 Å². The van der Waals surface area contributed by atoms with Crippen LogP contribution in [0.3, 0.4) is 0 Å². The van der Waals surface area contributed by atoms with Gasteiger partial charge in [-0.05, 0) is 91.6 Å². The quantitative estimate of drug-likeness (QED) is 0.152. The third-order valence-corrected chi connectivity index (χ3v) is 7.62. The number of hydrogen-bond acceptors (Lipinski definition) is 4. The van der Waals surface area contributed by atoms with Gasteiger partial charge in [-0.15, -0.1) is 11.8 Å². The number of benzene rings is 2. The highest BCUT2D eigenvalue weighted by Gasteiger charge is 2.16. The maximum atomic E-state index is 5.77. The van der Waals surface area contributed by atoms with Crippen molar-refractivity contribution in [2.45, 2.75) is 56.9 Å². The van der Waals surface area contributed by atoms with Crippen LogP contribution in [0.4, 0.5) is 0 Å². The fourth-order valence-corrected chi connectivity index (χ4v) is 5.59. The maximum absolute atomic E-state index is 5.77. The number of hydrogen-bond donors (Lipinski definition) is 1. The van der Waals surface area contributed by atoms with E-state index in [9.17, 15) is 0 Å². The second kappa shape index (κ2) is 12.7. The first-order chi connectivity index (χ1) is 17.2. The van der Waals surface area contributed by atoms with Crippen molar-refractivity contribution < 1.29 is 9.47 Å². The van der Waals surface area contributed by atoms with Gasteiger partial charge in [-0.25, -0.2) is 4.98 Å². The monoisotopic (exact) mass is 488 g/mol. The summed E-state index contributed by atoms with van der Waals surface area (Å²) in [5, 5.41) is 2.44. The van der Waals surface area contributed by atoms with Crippen LogP contribution in [-0.2, 0) is 6.42 Å². The summed E-state index contributed by atoms with van der Waals surface area (Å²) in [6, 6.07) is 18.6. The number of H-pyrrole nitrogens is 1. The SMILES string of the molecule is COc1ccc(-c2[nH]c3ccc(OC)c(CCCCCCCCSc4ccccn4)c3c2C)cc1. The highest BCUT2D eigenvalue weighted by Crippen LogP contribution is 2.37. The van der Waals surface area contributed by atoms with Gasteiger partial charge in [0.2, 0.25) is 0 Å². The lowest BCUT2D eigenvalue weighted by Crippen LogP contribution is -1.95. The summed E-state index contributed by atoms with van der Waals surface area (Å²) in [5.74, 6) is 3.02. The summed E-state index contributed by atoms with van der Waals surface area (Å²) in [7, 11) is 3.48. The molecular weight excluding hydrogens is 452 g/mol. The van der Waals surface area contributed by atoms with E-state index in [0.717, 1.165) is 28.7 Å². The predicted molar refractivity (Wildman–Crippen MR) is 148 cm³/mol. The van der Waals surface area contributed by atoms with Crippen LogP contribution in [0, 0.1) is 6.92 Å². The van der Waals surface area contributed by atoms with E-state index in [4.69, 9.17) is 9.47 Å². The zero-order chi connectivity index (χ0) is 24.5. The number of unbranched alkanes of at least 4 members (excludes halogenated alkanes) is 5. The molecule has 35 heavy (non-hydrogen) atoms. The van der Waals surface area contributed by atoms with E-state index < -0.39 is 0 Å². The number of aromatic nitrogens is 2. The molecule has 0 unspecified atom stereocenters. The van der Waals surface area contributed by atoms with E-state index in [1.807, 2.05) is 36.2 Å². The van der Waals surface area contributed by atoms with Gasteiger partial charge in [0.25, 0.3) is 0 Å². The summed E-state index contributed by atoms with van der Waals surface area (Å²) < 4.78 is 11.1. The van der Waals surface area contributed by atoms with Crippen LogP contribution < -0.4 is 9.47 Å². The number of nitrogens with zero attached hydrogens (tertiary/aromatic N) is 1. The molecule has 0 aliphatic rings. The Labute approximate surface area is 213 Å². The van der Waals surface area contributed by atoms with Crippen LogP contribution in [0.15, 0.2) is 65.8 Å². The standard InChI is InChI=1S/C30H36N2O2S/c1-22-29-25(12-8-6-4-5-7-11-21-35-28-13-9-10-20-31-28)27(34-3)19-18-26(29)32-30(22)23-14-16-24(33-2)17-15-23/h9-10,13-20,32H,4-8,11-12,21H2,1-3H3. The zero-order valence-electron chi connectivity index (χ0n) is 21.1. The number of nitrogens with one attached hydrogen (secondary N) is 1. The summed E-state index contributed by atoms with van der Waals surface area (Å²) in [6.45, 7) is 2.21. The van der Waals surface area contributed by atoms with Gasteiger partial charge in [-0.2, -0.15) is 0 Å². The molecule has 1 N–H and O–H groups in total. The Balaban J connectivity index is 1.32. The van der Waals surface area contributed by atoms with Gasteiger partial charge < -0.3 is 14.5 Å². The van der Waals surface area contributed by atoms with Crippen molar-refractivity contribution in [3.05, 3.63) is 71.9 Å². The molecule has 0 saturated carbocycles. The molecule has 4 rings (SSSR count). The van der Waals surface area contributed by atoms with Crippen LogP contribution in [0.25, 0.3) is 22.2 Å². The van der Waals surface area contributed by atoms with E-state index in [1.165, 1.54) is 71.8 Å².